The number of rotatable bonds is 2. The summed E-state index contributed by atoms with van der Waals surface area (Å²) in [5.74, 6) is 5.35. The van der Waals surface area contributed by atoms with Crippen LogP contribution in [0.5, 0.6) is 5.75 Å². The summed E-state index contributed by atoms with van der Waals surface area (Å²) in [6.07, 6.45) is 0. The number of hydrogen-bond donors (Lipinski definition) is 3. The van der Waals surface area contributed by atoms with E-state index >= 15 is 0 Å². The molecule has 0 unspecified atom stereocenters. The van der Waals surface area contributed by atoms with Crippen molar-refractivity contribution in [1.29, 1.82) is 0 Å². The Labute approximate surface area is 131 Å². The van der Waals surface area contributed by atoms with Crippen molar-refractivity contribution in [3.05, 3.63) is 58.1 Å². The standard InChI is InChI=1S/C16H13BrN2O2/c17-13-8-7-12(10-15(13)20)16(21)19-14-6-2-1-4-11(14)5-3-9-18/h1-2,4,6-8,10,20H,9,18H2,(H,19,21). The van der Waals surface area contributed by atoms with Crippen LogP contribution in [0.4, 0.5) is 5.69 Å². The molecule has 1 amide bonds. The number of para-hydroxylation sites is 1. The fourth-order valence-electron chi connectivity index (χ4n) is 1.70. The van der Waals surface area contributed by atoms with Crippen LogP contribution in [0.2, 0.25) is 0 Å². The summed E-state index contributed by atoms with van der Waals surface area (Å²) in [5, 5.41) is 12.4. The third kappa shape index (κ3) is 3.85. The predicted octanol–water partition coefficient (Wildman–Crippen LogP) is 2.72. The number of carbonyl (C=O) groups excluding carboxylic acids is 1. The number of nitrogens with two attached hydrogens (primary N) is 1. The molecule has 4 nitrogen and oxygen atoms in total. The summed E-state index contributed by atoms with van der Waals surface area (Å²) < 4.78 is 0.535. The number of phenols is 1. The minimum atomic E-state index is -0.320. The van der Waals surface area contributed by atoms with Gasteiger partial charge in [0.25, 0.3) is 5.91 Å². The third-order valence-corrected chi connectivity index (χ3v) is 3.38. The number of phenolic OH excluding ortho intramolecular Hbond substituents is 1. The van der Waals surface area contributed by atoms with Crippen molar-refractivity contribution in [2.24, 2.45) is 5.73 Å². The van der Waals surface area contributed by atoms with Crippen molar-refractivity contribution >= 4 is 27.5 Å². The van der Waals surface area contributed by atoms with Crippen LogP contribution in [0.25, 0.3) is 0 Å². The van der Waals surface area contributed by atoms with Gasteiger partial charge in [0.1, 0.15) is 5.75 Å². The maximum Gasteiger partial charge on any atom is 0.255 e. The van der Waals surface area contributed by atoms with Crippen LogP contribution in [0.1, 0.15) is 15.9 Å². The van der Waals surface area contributed by atoms with Crippen molar-refractivity contribution in [3.63, 3.8) is 0 Å². The van der Waals surface area contributed by atoms with Gasteiger partial charge in [0.2, 0.25) is 0 Å². The van der Waals surface area contributed by atoms with Gasteiger partial charge in [0, 0.05) is 11.1 Å². The van der Waals surface area contributed by atoms with Crippen molar-refractivity contribution < 1.29 is 9.90 Å². The Bertz CT molecular complexity index is 733. The first-order valence-corrected chi connectivity index (χ1v) is 6.99. The molecule has 0 aromatic heterocycles. The Balaban J connectivity index is 2.25. The van der Waals surface area contributed by atoms with Crippen LogP contribution < -0.4 is 11.1 Å². The zero-order chi connectivity index (χ0) is 15.2. The molecule has 2 aromatic rings. The molecule has 5 heteroatoms. The van der Waals surface area contributed by atoms with Gasteiger partial charge in [-0.3, -0.25) is 4.79 Å². The summed E-state index contributed by atoms with van der Waals surface area (Å²) in [4.78, 5) is 12.2. The summed E-state index contributed by atoms with van der Waals surface area (Å²) in [7, 11) is 0. The number of carbonyl (C=O) groups is 1. The largest absolute Gasteiger partial charge is 0.507 e. The number of anilines is 1. The molecule has 0 aliphatic rings. The first kappa shape index (κ1) is 15.1. The van der Waals surface area contributed by atoms with Crippen molar-refractivity contribution in [1.82, 2.24) is 0 Å². The second-order valence-electron chi connectivity index (χ2n) is 4.17. The van der Waals surface area contributed by atoms with Crippen LogP contribution >= 0.6 is 15.9 Å². The molecule has 0 spiro atoms. The molecule has 0 aliphatic carbocycles. The lowest BCUT2D eigenvalue weighted by Crippen LogP contribution is -2.12. The smallest absolute Gasteiger partial charge is 0.255 e. The van der Waals surface area contributed by atoms with E-state index in [4.69, 9.17) is 5.73 Å². The Hall–Kier alpha value is -2.29. The van der Waals surface area contributed by atoms with Gasteiger partial charge >= 0.3 is 0 Å². The lowest BCUT2D eigenvalue weighted by molar-refractivity contribution is 0.102. The van der Waals surface area contributed by atoms with E-state index in [-0.39, 0.29) is 18.2 Å². The highest BCUT2D eigenvalue weighted by atomic mass is 79.9. The lowest BCUT2D eigenvalue weighted by Gasteiger charge is -2.08. The maximum absolute atomic E-state index is 12.2. The number of aromatic hydroxyl groups is 1. The second-order valence-corrected chi connectivity index (χ2v) is 5.03. The van der Waals surface area contributed by atoms with Gasteiger partial charge in [-0.25, -0.2) is 0 Å². The van der Waals surface area contributed by atoms with Gasteiger partial charge in [0.05, 0.1) is 16.7 Å². The SMILES string of the molecule is NCC#Cc1ccccc1NC(=O)c1ccc(Br)c(O)c1. The predicted molar refractivity (Wildman–Crippen MR) is 86.1 cm³/mol. The van der Waals surface area contributed by atoms with Crippen LogP contribution in [-0.2, 0) is 0 Å². The molecule has 4 N–H and O–H groups in total. The van der Waals surface area contributed by atoms with Gasteiger partial charge in [-0.05, 0) is 46.3 Å². The minimum Gasteiger partial charge on any atom is -0.507 e. The van der Waals surface area contributed by atoms with Crippen molar-refractivity contribution in [3.8, 4) is 17.6 Å². The molecule has 0 radical (unpaired) electrons. The topological polar surface area (TPSA) is 75.3 Å². The summed E-state index contributed by atoms with van der Waals surface area (Å²) in [5.41, 5.74) is 7.01. The van der Waals surface area contributed by atoms with E-state index in [1.54, 1.807) is 24.3 Å². The zero-order valence-electron chi connectivity index (χ0n) is 11.1. The quantitative estimate of drug-likeness (QED) is 0.733. The zero-order valence-corrected chi connectivity index (χ0v) is 12.6. The van der Waals surface area contributed by atoms with Gasteiger partial charge < -0.3 is 16.2 Å². The molecule has 0 bridgehead atoms. The van der Waals surface area contributed by atoms with Crippen molar-refractivity contribution in [2.75, 3.05) is 11.9 Å². The van der Waals surface area contributed by atoms with Crippen LogP contribution in [0, 0.1) is 11.8 Å². The van der Waals surface area contributed by atoms with E-state index in [2.05, 4.69) is 33.1 Å². The van der Waals surface area contributed by atoms with Gasteiger partial charge in [0.15, 0.2) is 0 Å². The first-order chi connectivity index (χ1) is 10.1. The summed E-state index contributed by atoms with van der Waals surface area (Å²) >= 11 is 3.17. The monoisotopic (exact) mass is 344 g/mol. The fourth-order valence-corrected chi connectivity index (χ4v) is 1.94. The average molecular weight is 345 g/mol. The molecule has 0 aliphatic heterocycles. The maximum atomic E-state index is 12.2. The molecular formula is C16H13BrN2O2. The van der Waals surface area contributed by atoms with E-state index in [0.717, 1.165) is 0 Å². The number of amides is 1. The number of nitrogens with one attached hydrogen (secondary N) is 1. The molecule has 21 heavy (non-hydrogen) atoms. The van der Waals surface area contributed by atoms with Gasteiger partial charge in [-0.1, -0.05) is 24.0 Å². The molecule has 0 heterocycles. The third-order valence-electron chi connectivity index (χ3n) is 2.71. The van der Waals surface area contributed by atoms with E-state index in [0.29, 0.717) is 21.3 Å². The Kier molecular flexibility index (Phi) is 4.99. The van der Waals surface area contributed by atoms with Gasteiger partial charge in [-0.2, -0.15) is 0 Å². The number of hydrogen-bond acceptors (Lipinski definition) is 3. The second kappa shape index (κ2) is 6.93. The van der Waals surface area contributed by atoms with Crippen LogP contribution in [-0.4, -0.2) is 17.6 Å². The molecule has 0 atom stereocenters. The normalized spacial score (nSPS) is 9.62. The Morgan fingerprint density at radius 1 is 1.29 bits per heavy atom. The molecule has 0 saturated heterocycles. The molecule has 2 aromatic carbocycles. The first-order valence-electron chi connectivity index (χ1n) is 6.19. The molecular weight excluding hydrogens is 332 g/mol. The highest BCUT2D eigenvalue weighted by molar-refractivity contribution is 9.10. The molecule has 0 fully saturated rings. The van der Waals surface area contributed by atoms with Crippen LogP contribution in [0.3, 0.4) is 0 Å². The van der Waals surface area contributed by atoms with Gasteiger partial charge in [-0.15, -0.1) is 0 Å². The van der Waals surface area contributed by atoms with Crippen LogP contribution in [0.15, 0.2) is 46.9 Å². The minimum absolute atomic E-state index is 0.0128. The molecule has 0 saturated carbocycles. The number of benzene rings is 2. The average Bonchev–Trinajstić information content (AvgIpc) is 2.49. The highest BCUT2D eigenvalue weighted by Gasteiger charge is 2.10. The summed E-state index contributed by atoms with van der Waals surface area (Å²) in [6, 6.07) is 11.8. The molecule has 106 valence electrons. The highest BCUT2D eigenvalue weighted by Crippen LogP contribution is 2.25. The van der Waals surface area contributed by atoms with E-state index < -0.39 is 0 Å². The number of halogens is 1. The Morgan fingerprint density at radius 3 is 2.76 bits per heavy atom. The van der Waals surface area contributed by atoms with E-state index in [1.807, 2.05) is 12.1 Å². The fraction of sp³-hybridized carbons (Fsp3) is 0.0625. The summed E-state index contributed by atoms with van der Waals surface area (Å²) in [6.45, 7) is 0.253. The van der Waals surface area contributed by atoms with E-state index in [9.17, 15) is 9.90 Å². The Morgan fingerprint density at radius 2 is 2.05 bits per heavy atom. The molecule has 2 rings (SSSR count). The lowest BCUT2D eigenvalue weighted by atomic mass is 10.1. The van der Waals surface area contributed by atoms with Crippen molar-refractivity contribution in [2.45, 2.75) is 0 Å². The van der Waals surface area contributed by atoms with E-state index in [1.165, 1.54) is 6.07 Å².